The number of hydrogen-bond donors (Lipinski definition) is 3. The second-order valence-corrected chi connectivity index (χ2v) is 10.9. The zero-order chi connectivity index (χ0) is 29.5. The van der Waals surface area contributed by atoms with E-state index in [2.05, 4.69) is 40.7 Å². The molecule has 0 radical (unpaired) electrons. The van der Waals surface area contributed by atoms with Gasteiger partial charge in [0.25, 0.3) is 0 Å². The summed E-state index contributed by atoms with van der Waals surface area (Å²) in [7, 11) is 1.83. The van der Waals surface area contributed by atoms with Crippen molar-refractivity contribution in [3.05, 3.63) is 120 Å². The summed E-state index contributed by atoms with van der Waals surface area (Å²) in [6, 6.07) is 31.5. The Morgan fingerprint density at radius 3 is 2.33 bits per heavy atom. The number of likely N-dealkylation sites (N-methyl/N-ethyl adjacent to an activating group) is 2. The molecule has 0 aliphatic heterocycles. The van der Waals surface area contributed by atoms with Crippen molar-refractivity contribution in [3.63, 3.8) is 0 Å². The molecule has 1 unspecified atom stereocenters. The van der Waals surface area contributed by atoms with Crippen molar-refractivity contribution < 1.29 is 14.7 Å². The third-order valence-corrected chi connectivity index (χ3v) is 7.79. The van der Waals surface area contributed by atoms with Crippen molar-refractivity contribution in [3.8, 4) is 0 Å². The molecule has 0 fully saturated rings. The van der Waals surface area contributed by atoms with Crippen molar-refractivity contribution in [2.24, 2.45) is 0 Å². The molecule has 0 spiro atoms. The predicted octanol–water partition coefficient (Wildman–Crippen LogP) is 5.80. The van der Waals surface area contributed by atoms with Crippen LogP contribution in [-0.4, -0.2) is 57.6 Å². The lowest BCUT2D eigenvalue weighted by Crippen LogP contribution is -2.57. The molecule has 0 saturated carbocycles. The van der Waals surface area contributed by atoms with Crippen molar-refractivity contribution in [1.29, 1.82) is 0 Å². The first-order chi connectivity index (χ1) is 20.4. The molecule has 216 valence electrons. The number of nitrogens with one attached hydrogen (secondary N) is 2. The Kier molecular flexibility index (Phi) is 9.31. The van der Waals surface area contributed by atoms with Gasteiger partial charge in [-0.15, -0.1) is 0 Å². The number of nitrogens with zero attached hydrogens (tertiary/aromatic N) is 2. The van der Waals surface area contributed by atoms with E-state index in [1.807, 2.05) is 91.9 Å². The summed E-state index contributed by atoms with van der Waals surface area (Å²) in [6.45, 7) is 3.00. The molecule has 1 amide bonds. The number of carbonyl (C=O) groups excluding carboxylic acids is 1. The van der Waals surface area contributed by atoms with Gasteiger partial charge in [-0.05, 0) is 46.4 Å². The molecule has 0 saturated heterocycles. The number of carboxylic acids is 1. The maximum absolute atomic E-state index is 14.1. The van der Waals surface area contributed by atoms with Crippen LogP contribution < -0.4 is 5.43 Å². The molecule has 5 aromatic rings. The molecule has 3 N–H and O–H groups in total. The highest BCUT2D eigenvalue weighted by atomic mass is 16.4. The normalized spacial score (nSPS) is 12.9. The van der Waals surface area contributed by atoms with Gasteiger partial charge in [0.2, 0.25) is 5.91 Å². The van der Waals surface area contributed by atoms with E-state index >= 15 is 0 Å². The monoisotopic (exact) mass is 562 g/mol. The minimum absolute atomic E-state index is 0.0254. The van der Waals surface area contributed by atoms with Gasteiger partial charge in [-0.25, -0.2) is 5.01 Å². The van der Waals surface area contributed by atoms with E-state index in [1.165, 1.54) is 0 Å². The lowest BCUT2D eigenvalue weighted by Gasteiger charge is -2.36. The number of carboxylic acid groups (broad SMARTS) is 1. The molecule has 1 aromatic heterocycles. The van der Waals surface area contributed by atoms with Gasteiger partial charge < -0.3 is 15.0 Å². The standard InChI is InChI=1S/C35H38N4O3/c1-3-39(37-30(22-34(40)41)21-29-23-36-32-16-10-9-15-31(29)32)33(35(42)38(2)24-25-11-5-4-6-12-25)20-26-17-18-27-13-7-8-14-28(27)19-26/h4-19,23,30,33,36-37H,3,20-22,24H2,1-2H3,(H,40,41)/t30-,33?/m0/s1. The zero-order valence-electron chi connectivity index (χ0n) is 24.2. The highest BCUT2D eigenvalue weighted by Gasteiger charge is 2.30. The van der Waals surface area contributed by atoms with E-state index in [4.69, 9.17) is 0 Å². The summed E-state index contributed by atoms with van der Waals surface area (Å²) in [6.07, 6.45) is 2.86. The number of para-hydroxylation sites is 1. The molecule has 2 atom stereocenters. The second-order valence-electron chi connectivity index (χ2n) is 10.9. The van der Waals surface area contributed by atoms with Crippen molar-refractivity contribution >= 4 is 33.6 Å². The van der Waals surface area contributed by atoms with Crippen LogP contribution in [0.5, 0.6) is 0 Å². The van der Waals surface area contributed by atoms with Gasteiger partial charge in [-0.1, -0.05) is 97.9 Å². The minimum Gasteiger partial charge on any atom is -0.481 e. The topological polar surface area (TPSA) is 88.7 Å². The first-order valence-electron chi connectivity index (χ1n) is 14.5. The van der Waals surface area contributed by atoms with Crippen LogP contribution in [0.25, 0.3) is 21.7 Å². The third kappa shape index (κ3) is 7.05. The lowest BCUT2D eigenvalue weighted by atomic mass is 10.00. The molecular formula is C35H38N4O3. The van der Waals surface area contributed by atoms with E-state index in [0.29, 0.717) is 25.9 Å². The Balaban J connectivity index is 1.43. The second kappa shape index (κ2) is 13.5. The molecule has 0 aliphatic rings. The predicted molar refractivity (Wildman–Crippen MR) is 168 cm³/mol. The van der Waals surface area contributed by atoms with Gasteiger partial charge in [0.15, 0.2) is 0 Å². The number of amides is 1. The van der Waals surface area contributed by atoms with Crippen LogP contribution in [0.4, 0.5) is 0 Å². The maximum atomic E-state index is 14.1. The van der Waals surface area contributed by atoms with Gasteiger partial charge in [0.05, 0.1) is 6.42 Å². The number of fused-ring (bicyclic) bond motifs is 2. The molecule has 1 heterocycles. The Bertz CT molecular complexity index is 1650. The van der Waals surface area contributed by atoms with Crippen LogP contribution in [0.2, 0.25) is 0 Å². The molecule has 4 aromatic carbocycles. The van der Waals surface area contributed by atoms with Crippen molar-refractivity contribution in [2.75, 3.05) is 13.6 Å². The largest absolute Gasteiger partial charge is 0.481 e. The number of aromatic nitrogens is 1. The van der Waals surface area contributed by atoms with Gasteiger partial charge in [0.1, 0.15) is 6.04 Å². The van der Waals surface area contributed by atoms with Gasteiger partial charge in [0, 0.05) is 43.3 Å². The molecule has 42 heavy (non-hydrogen) atoms. The van der Waals surface area contributed by atoms with Crippen LogP contribution in [0.3, 0.4) is 0 Å². The Labute approximate surface area is 246 Å². The fourth-order valence-electron chi connectivity index (χ4n) is 5.69. The van der Waals surface area contributed by atoms with Crippen molar-refractivity contribution in [2.45, 2.75) is 44.8 Å². The Morgan fingerprint density at radius 2 is 1.57 bits per heavy atom. The fourth-order valence-corrected chi connectivity index (χ4v) is 5.69. The first-order valence-corrected chi connectivity index (χ1v) is 14.5. The Hall–Kier alpha value is -4.46. The molecule has 7 heteroatoms. The maximum Gasteiger partial charge on any atom is 0.304 e. The van der Waals surface area contributed by atoms with E-state index in [9.17, 15) is 14.7 Å². The molecule has 7 nitrogen and oxygen atoms in total. The number of aliphatic carboxylic acids is 1. The summed E-state index contributed by atoms with van der Waals surface area (Å²) in [4.78, 5) is 31.1. The average Bonchev–Trinajstić information content (AvgIpc) is 3.41. The number of carbonyl (C=O) groups is 2. The van der Waals surface area contributed by atoms with Crippen LogP contribution in [0.15, 0.2) is 103 Å². The smallest absolute Gasteiger partial charge is 0.304 e. The van der Waals surface area contributed by atoms with Crippen LogP contribution in [-0.2, 0) is 29.0 Å². The zero-order valence-corrected chi connectivity index (χ0v) is 24.2. The molecule has 0 aliphatic carbocycles. The first kappa shape index (κ1) is 29.0. The van der Waals surface area contributed by atoms with Gasteiger partial charge in [-0.3, -0.25) is 15.0 Å². The highest BCUT2D eigenvalue weighted by Crippen LogP contribution is 2.22. The summed E-state index contributed by atoms with van der Waals surface area (Å²) in [5.41, 5.74) is 7.64. The average molecular weight is 563 g/mol. The fraction of sp³-hybridized carbons (Fsp3) is 0.257. The highest BCUT2D eigenvalue weighted by molar-refractivity contribution is 5.85. The number of aromatic amines is 1. The van der Waals surface area contributed by atoms with Crippen LogP contribution >= 0.6 is 0 Å². The van der Waals surface area contributed by atoms with E-state index in [0.717, 1.165) is 38.4 Å². The van der Waals surface area contributed by atoms with E-state index in [-0.39, 0.29) is 12.3 Å². The SMILES string of the molecule is CCN(N[C@H](CC(=O)O)Cc1c[nH]c2ccccc12)C(Cc1ccc2ccccc2c1)C(=O)N(C)Cc1ccccc1. The number of hydrazine groups is 1. The minimum atomic E-state index is -0.887. The van der Waals surface area contributed by atoms with E-state index < -0.39 is 18.1 Å². The van der Waals surface area contributed by atoms with E-state index in [1.54, 1.807) is 4.90 Å². The number of hydrogen-bond acceptors (Lipinski definition) is 4. The summed E-state index contributed by atoms with van der Waals surface area (Å²) in [5.74, 6) is -0.912. The van der Waals surface area contributed by atoms with Crippen molar-refractivity contribution in [1.82, 2.24) is 20.3 Å². The van der Waals surface area contributed by atoms with Crippen LogP contribution in [0.1, 0.15) is 30.0 Å². The molecule has 5 rings (SSSR count). The summed E-state index contributed by atoms with van der Waals surface area (Å²) >= 11 is 0. The number of rotatable bonds is 13. The quantitative estimate of drug-likeness (QED) is 0.158. The third-order valence-electron chi connectivity index (χ3n) is 7.79. The van der Waals surface area contributed by atoms with Crippen LogP contribution in [0, 0.1) is 0 Å². The van der Waals surface area contributed by atoms with Gasteiger partial charge >= 0.3 is 5.97 Å². The molecule has 0 bridgehead atoms. The Morgan fingerprint density at radius 1 is 0.857 bits per heavy atom. The molecular weight excluding hydrogens is 524 g/mol. The number of H-pyrrole nitrogens is 1. The number of benzene rings is 4. The summed E-state index contributed by atoms with van der Waals surface area (Å²) < 4.78 is 0. The lowest BCUT2D eigenvalue weighted by molar-refractivity contribution is -0.139. The van der Waals surface area contributed by atoms with Gasteiger partial charge in [-0.2, -0.15) is 0 Å². The summed E-state index contributed by atoms with van der Waals surface area (Å²) in [5, 5.41) is 15.1.